The Hall–Kier alpha value is -2.39. The fourth-order valence-electron chi connectivity index (χ4n) is 3.07. The van der Waals surface area contributed by atoms with Crippen molar-refractivity contribution in [1.29, 1.82) is 0 Å². The average molecular weight is 398 g/mol. The number of ether oxygens (including phenoxy) is 2. The van der Waals surface area contributed by atoms with Gasteiger partial charge in [0.05, 0.1) is 14.2 Å². The SMILES string of the molecule is COc1ccc(S(=O)(=O)N2CCN(c3c(F)cccc3F)CC2)c(OC)c1. The van der Waals surface area contributed by atoms with Gasteiger partial charge in [0, 0.05) is 32.2 Å². The van der Waals surface area contributed by atoms with Crippen LogP contribution in [-0.4, -0.2) is 53.1 Å². The summed E-state index contributed by atoms with van der Waals surface area (Å²) >= 11 is 0. The van der Waals surface area contributed by atoms with Gasteiger partial charge in [0.25, 0.3) is 0 Å². The predicted molar refractivity (Wildman–Crippen MR) is 96.9 cm³/mol. The van der Waals surface area contributed by atoms with Crippen LogP contribution < -0.4 is 14.4 Å². The topological polar surface area (TPSA) is 59.1 Å². The minimum Gasteiger partial charge on any atom is -0.497 e. The van der Waals surface area contributed by atoms with Crippen LogP contribution >= 0.6 is 0 Å². The first-order valence-electron chi connectivity index (χ1n) is 8.29. The molecule has 0 aromatic heterocycles. The minimum atomic E-state index is -3.82. The van der Waals surface area contributed by atoms with Crippen molar-refractivity contribution in [3.8, 4) is 11.5 Å². The van der Waals surface area contributed by atoms with E-state index in [0.29, 0.717) is 5.75 Å². The molecule has 2 aromatic carbocycles. The van der Waals surface area contributed by atoms with Crippen LogP contribution in [0.15, 0.2) is 41.3 Å². The predicted octanol–water partition coefficient (Wildman–Crippen LogP) is 2.49. The number of halogens is 2. The van der Waals surface area contributed by atoms with Crippen molar-refractivity contribution in [3.63, 3.8) is 0 Å². The highest BCUT2D eigenvalue weighted by atomic mass is 32.2. The number of piperazine rings is 1. The molecule has 1 fully saturated rings. The smallest absolute Gasteiger partial charge is 0.246 e. The summed E-state index contributed by atoms with van der Waals surface area (Å²) in [5.74, 6) is -0.672. The molecule has 0 aliphatic carbocycles. The van der Waals surface area contributed by atoms with Crippen molar-refractivity contribution >= 4 is 15.7 Å². The molecular weight excluding hydrogens is 378 g/mol. The lowest BCUT2D eigenvalue weighted by Crippen LogP contribution is -2.49. The molecule has 0 unspecified atom stereocenters. The highest BCUT2D eigenvalue weighted by molar-refractivity contribution is 7.89. The summed E-state index contributed by atoms with van der Waals surface area (Å²) in [6, 6.07) is 8.13. The third-order valence-corrected chi connectivity index (χ3v) is 6.42. The molecular formula is C18H20F2N2O4S. The van der Waals surface area contributed by atoms with Crippen molar-refractivity contribution in [2.75, 3.05) is 45.3 Å². The summed E-state index contributed by atoms with van der Waals surface area (Å²) in [6.07, 6.45) is 0. The molecule has 0 spiro atoms. The van der Waals surface area contributed by atoms with Crippen molar-refractivity contribution in [2.45, 2.75) is 4.90 Å². The zero-order valence-electron chi connectivity index (χ0n) is 15.0. The van der Waals surface area contributed by atoms with Gasteiger partial charge >= 0.3 is 0 Å². The maximum absolute atomic E-state index is 14.0. The maximum atomic E-state index is 14.0. The standard InChI is InChI=1S/C18H20F2N2O4S/c1-25-13-6-7-17(16(12-13)26-2)27(23,24)22-10-8-21(9-11-22)18-14(19)4-3-5-15(18)20/h3-7,12H,8-11H2,1-2H3. The molecule has 1 saturated heterocycles. The number of anilines is 1. The normalized spacial score (nSPS) is 15.6. The molecule has 1 aliphatic heterocycles. The van der Waals surface area contributed by atoms with E-state index in [1.165, 1.54) is 53.8 Å². The lowest BCUT2D eigenvalue weighted by atomic mass is 10.2. The van der Waals surface area contributed by atoms with Crippen LogP contribution in [0.1, 0.15) is 0 Å². The third-order valence-electron chi connectivity index (χ3n) is 4.48. The summed E-state index contributed by atoms with van der Waals surface area (Å²) in [5.41, 5.74) is -0.128. The second-order valence-electron chi connectivity index (χ2n) is 5.98. The van der Waals surface area contributed by atoms with Gasteiger partial charge in [-0.2, -0.15) is 4.31 Å². The Morgan fingerprint density at radius 2 is 1.56 bits per heavy atom. The molecule has 0 radical (unpaired) electrons. The Labute approximate surface area is 157 Å². The molecule has 146 valence electrons. The molecule has 0 atom stereocenters. The second kappa shape index (κ2) is 7.69. The van der Waals surface area contributed by atoms with Crippen LogP contribution in [0.3, 0.4) is 0 Å². The molecule has 6 nitrogen and oxygen atoms in total. The number of benzene rings is 2. The molecule has 0 saturated carbocycles. The minimum absolute atomic E-state index is 0.0244. The van der Waals surface area contributed by atoms with Crippen molar-refractivity contribution in [3.05, 3.63) is 48.0 Å². The van der Waals surface area contributed by atoms with Gasteiger partial charge in [-0.3, -0.25) is 0 Å². The van der Waals surface area contributed by atoms with E-state index in [0.717, 1.165) is 0 Å². The first-order valence-corrected chi connectivity index (χ1v) is 9.73. The molecule has 2 aromatic rings. The molecule has 0 N–H and O–H groups in total. The largest absolute Gasteiger partial charge is 0.497 e. The fraction of sp³-hybridized carbons (Fsp3) is 0.333. The zero-order valence-corrected chi connectivity index (χ0v) is 15.8. The molecule has 3 rings (SSSR count). The molecule has 0 bridgehead atoms. The van der Waals surface area contributed by atoms with Gasteiger partial charge in [0.2, 0.25) is 10.0 Å². The number of para-hydroxylation sites is 1. The fourth-order valence-corrected chi connectivity index (χ4v) is 4.63. The Bertz CT molecular complexity index is 909. The Balaban J connectivity index is 1.81. The molecule has 1 heterocycles. The highest BCUT2D eigenvalue weighted by Gasteiger charge is 2.32. The zero-order chi connectivity index (χ0) is 19.6. The van der Waals surface area contributed by atoms with Crippen molar-refractivity contribution in [1.82, 2.24) is 4.31 Å². The summed E-state index contributed by atoms with van der Waals surface area (Å²) in [7, 11) is -0.959. The van der Waals surface area contributed by atoms with Crippen molar-refractivity contribution < 1.29 is 26.7 Å². The van der Waals surface area contributed by atoms with Gasteiger partial charge < -0.3 is 14.4 Å². The second-order valence-corrected chi connectivity index (χ2v) is 7.88. The summed E-state index contributed by atoms with van der Waals surface area (Å²) in [6.45, 7) is 0.557. The summed E-state index contributed by atoms with van der Waals surface area (Å²) in [5, 5.41) is 0. The van der Waals surface area contributed by atoms with Crippen LogP contribution in [-0.2, 0) is 10.0 Å². The van der Waals surface area contributed by atoms with Crippen LogP contribution in [0.2, 0.25) is 0 Å². The van der Waals surface area contributed by atoms with E-state index in [4.69, 9.17) is 9.47 Å². The molecule has 27 heavy (non-hydrogen) atoms. The van der Waals surface area contributed by atoms with Crippen LogP contribution in [0.25, 0.3) is 0 Å². The lowest BCUT2D eigenvalue weighted by molar-refractivity contribution is 0.368. The van der Waals surface area contributed by atoms with Crippen LogP contribution in [0.4, 0.5) is 14.5 Å². The van der Waals surface area contributed by atoms with Gasteiger partial charge in [-0.25, -0.2) is 17.2 Å². The Kier molecular flexibility index (Phi) is 5.52. The average Bonchev–Trinajstić information content (AvgIpc) is 2.67. The molecule has 0 amide bonds. The van der Waals surface area contributed by atoms with Crippen molar-refractivity contribution in [2.24, 2.45) is 0 Å². The third kappa shape index (κ3) is 3.70. The first-order chi connectivity index (χ1) is 12.9. The quantitative estimate of drug-likeness (QED) is 0.775. The van der Waals surface area contributed by atoms with E-state index < -0.39 is 21.7 Å². The number of rotatable bonds is 5. The summed E-state index contributed by atoms with van der Waals surface area (Å²) in [4.78, 5) is 1.54. The summed E-state index contributed by atoms with van der Waals surface area (Å²) < 4.78 is 65.4. The van der Waals surface area contributed by atoms with Gasteiger partial charge in [-0.1, -0.05) is 6.07 Å². The monoisotopic (exact) mass is 398 g/mol. The van der Waals surface area contributed by atoms with Crippen LogP contribution in [0.5, 0.6) is 11.5 Å². The Morgan fingerprint density at radius 1 is 0.926 bits per heavy atom. The highest BCUT2D eigenvalue weighted by Crippen LogP contribution is 2.32. The number of nitrogens with zero attached hydrogens (tertiary/aromatic N) is 2. The van der Waals surface area contributed by atoms with Crippen LogP contribution in [0, 0.1) is 11.6 Å². The van der Waals surface area contributed by atoms with Gasteiger partial charge in [-0.05, 0) is 24.3 Å². The van der Waals surface area contributed by atoms with Gasteiger partial charge in [0.15, 0.2) is 0 Å². The number of hydrogen-bond acceptors (Lipinski definition) is 5. The first kappa shape index (κ1) is 19.4. The van der Waals surface area contributed by atoms with E-state index in [9.17, 15) is 17.2 Å². The van der Waals surface area contributed by atoms with Gasteiger partial charge in [-0.15, -0.1) is 0 Å². The van der Waals surface area contributed by atoms with E-state index in [2.05, 4.69) is 0 Å². The number of methoxy groups -OCH3 is 2. The lowest BCUT2D eigenvalue weighted by Gasteiger charge is -2.35. The number of hydrogen-bond donors (Lipinski definition) is 0. The van der Waals surface area contributed by atoms with E-state index in [1.54, 1.807) is 6.07 Å². The maximum Gasteiger partial charge on any atom is 0.246 e. The van der Waals surface area contributed by atoms with E-state index >= 15 is 0 Å². The molecule has 1 aliphatic rings. The van der Waals surface area contributed by atoms with E-state index in [1.807, 2.05) is 0 Å². The Morgan fingerprint density at radius 3 is 2.11 bits per heavy atom. The number of sulfonamides is 1. The molecule has 9 heteroatoms. The van der Waals surface area contributed by atoms with E-state index in [-0.39, 0.29) is 42.5 Å². The van der Waals surface area contributed by atoms with Gasteiger partial charge in [0.1, 0.15) is 33.7 Å².